The first kappa shape index (κ1) is 22.2. The number of aromatic nitrogens is 2. The van der Waals surface area contributed by atoms with Crippen molar-refractivity contribution in [1.29, 1.82) is 0 Å². The number of halogens is 2. The van der Waals surface area contributed by atoms with Gasteiger partial charge in [-0.3, -0.25) is 13.9 Å². The van der Waals surface area contributed by atoms with E-state index in [0.29, 0.717) is 49.7 Å². The van der Waals surface area contributed by atoms with Gasteiger partial charge in [-0.05, 0) is 30.2 Å². The van der Waals surface area contributed by atoms with Crippen molar-refractivity contribution >= 4 is 29.2 Å². The highest BCUT2D eigenvalue weighted by Crippen LogP contribution is 2.24. The number of rotatable bonds is 3. The molecule has 34 heavy (non-hydrogen) atoms. The van der Waals surface area contributed by atoms with Gasteiger partial charge in [0.15, 0.2) is 0 Å². The largest absolute Gasteiger partial charge is 0.333 e. The fourth-order valence-electron chi connectivity index (χ4n) is 4.53. The van der Waals surface area contributed by atoms with Crippen molar-refractivity contribution in [3.8, 4) is 0 Å². The number of nitrogens with one attached hydrogen (secondary N) is 1. The summed E-state index contributed by atoms with van der Waals surface area (Å²) < 4.78 is 16.6. The van der Waals surface area contributed by atoms with Crippen LogP contribution in [0.15, 0.2) is 53.3 Å². The van der Waals surface area contributed by atoms with Gasteiger partial charge in [0, 0.05) is 38.4 Å². The Morgan fingerprint density at radius 1 is 1.00 bits per heavy atom. The van der Waals surface area contributed by atoms with E-state index in [9.17, 15) is 18.8 Å². The molecule has 8 nitrogen and oxygen atoms in total. The van der Waals surface area contributed by atoms with Crippen LogP contribution in [0.25, 0.3) is 0 Å². The van der Waals surface area contributed by atoms with Crippen LogP contribution in [-0.4, -0.2) is 44.0 Å². The lowest BCUT2D eigenvalue weighted by Gasteiger charge is -2.29. The zero-order valence-corrected chi connectivity index (χ0v) is 19.1. The summed E-state index contributed by atoms with van der Waals surface area (Å²) in [5, 5.41) is 2.62. The quantitative estimate of drug-likeness (QED) is 0.619. The molecule has 1 N–H and O–H groups in total. The number of benzene rings is 2. The summed E-state index contributed by atoms with van der Waals surface area (Å²) in [6.07, 6.45) is 0.671. The summed E-state index contributed by atoms with van der Waals surface area (Å²) in [6, 6.07) is 13.2. The molecule has 0 saturated heterocycles. The maximum Gasteiger partial charge on any atom is 0.329 e. The third-order valence-electron chi connectivity index (χ3n) is 6.24. The van der Waals surface area contributed by atoms with Gasteiger partial charge in [0.05, 0.1) is 17.3 Å². The Morgan fingerprint density at radius 2 is 1.79 bits per heavy atom. The molecule has 5 rings (SSSR count). The molecule has 2 aromatic carbocycles. The summed E-state index contributed by atoms with van der Waals surface area (Å²) in [4.78, 5) is 42.8. The molecule has 0 fully saturated rings. The summed E-state index contributed by atoms with van der Waals surface area (Å²) in [6.45, 7) is 2.16. The minimum Gasteiger partial charge on any atom is -0.333 e. The molecule has 0 spiro atoms. The Balaban J connectivity index is 1.41. The first-order valence-corrected chi connectivity index (χ1v) is 11.5. The number of hydrogen-bond donors (Lipinski definition) is 1. The van der Waals surface area contributed by atoms with Gasteiger partial charge in [-0.15, -0.1) is 0 Å². The standard InChI is InChI=1S/C24H23ClFN5O3/c25-18-13-17(7-8-19(18)26)27-23(33)29-11-12-30-20(15-29)21-22(32)28(9-4-10-31(21)24(30)34)14-16-5-2-1-3-6-16/h1-3,5-8,13H,4,9-12,14-15H2,(H,27,33). The van der Waals surface area contributed by atoms with Crippen LogP contribution >= 0.6 is 11.6 Å². The highest BCUT2D eigenvalue weighted by atomic mass is 35.5. The van der Waals surface area contributed by atoms with Gasteiger partial charge >= 0.3 is 11.7 Å². The first-order chi connectivity index (χ1) is 16.4. The molecule has 0 aliphatic carbocycles. The number of hydrogen-bond acceptors (Lipinski definition) is 3. The number of imidazole rings is 1. The van der Waals surface area contributed by atoms with Crippen LogP contribution in [0.3, 0.4) is 0 Å². The number of urea groups is 1. The van der Waals surface area contributed by atoms with Crippen LogP contribution in [0, 0.1) is 5.82 Å². The van der Waals surface area contributed by atoms with Gasteiger partial charge in [0.2, 0.25) is 0 Å². The molecule has 1 aromatic heterocycles. The lowest BCUT2D eigenvalue weighted by molar-refractivity contribution is 0.0742. The zero-order valence-electron chi connectivity index (χ0n) is 18.3. The van der Waals surface area contributed by atoms with E-state index in [1.165, 1.54) is 23.1 Å². The zero-order chi connectivity index (χ0) is 23.8. The van der Waals surface area contributed by atoms with Crippen molar-refractivity contribution in [1.82, 2.24) is 18.9 Å². The fourth-order valence-corrected chi connectivity index (χ4v) is 4.71. The molecule has 3 aromatic rings. The van der Waals surface area contributed by atoms with Crippen LogP contribution in [-0.2, 0) is 26.2 Å². The molecule has 2 aliphatic rings. The van der Waals surface area contributed by atoms with Gasteiger partial charge in [-0.2, -0.15) is 0 Å². The molecule has 0 bridgehead atoms. The lowest BCUT2D eigenvalue weighted by Crippen LogP contribution is -2.43. The van der Waals surface area contributed by atoms with E-state index >= 15 is 0 Å². The molecule has 176 valence electrons. The molecule has 0 saturated carbocycles. The van der Waals surface area contributed by atoms with E-state index in [4.69, 9.17) is 11.6 Å². The van der Waals surface area contributed by atoms with E-state index in [1.54, 1.807) is 14.0 Å². The van der Waals surface area contributed by atoms with Crippen LogP contribution in [0.1, 0.15) is 28.2 Å². The van der Waals surface area contributed by atoms with Crippen LogP contribution < -0.4 is 11.0 Å². The van der Waals surface area contributed by atoms with Crippen LogP contribution in [0.4, 0.5) is 14.9 Å². The topological polar surface area (TPSA) is 79.6 Å². The first-order valence-electron chi connectivity index (χ1n) is 11.1. The minimum absolute atomic E-state index is 0.0906. The molecule has 0 atom stereocenters. The SMILES string of the molecule is O=C(Nc1ccc(F)c(Cl)c1)N1CCn2c(c3n(c2=O)CCCN(Cc2ccccc2)C3=O)C1. The smallest absolute Gasteiger partial charge is 0.329 e. The number of carbonyl (C=O) groups is 2. The van der Waals surface area contributed by atoms with Crippen molar-refractivity contribution < 1.29 is 14.0 Å². The Kier molecular flexibility index (Phi) is 5.87. The molecule has 0 radical (unpaired) electrons. The van der Waals surface area contributed by atoms with E-state index in [2.05, 4.69) is 5.32 Å². The summed E-state index contributed by atoms with van der Waals surface area (Å²) in [7, 11) is 0. The van der Waals surface area contributed by atoms with Crippen molar-refractivity contribution in [3.63, 3.8) is 0 Å². The van der Waals surface area contributed by atoms with Gasteiger partial charge < -0.3 is 15.1 Å². The van der Waals surface area contributed by atoms with Crippen molar-refractivity contribution in [3.05, 3.63) is 86.8 Å². The third kappa shape index (κ3) is 4.07. The van der Waals surface area contributed by atoms with Crippen molar-refractivity contribution in [2.75, 3.05) is 18.4 Å². The number of amides is 3. The third-order valence-corrected chi connectivity index (χ3v) is 6.53. The monoisotopic (exact) mass is 483 g/mol. The van der Waals surface area contributed by atoms with Gasteiger partial charge in [0.25, 0.3) is 5.91 Å². The predicted octanol–water partition coefficient (Wildman–Crippen LogP) is 3.54. The average molecular weight is 484 g/mol. The Hall–Kier alpha value is -3.59. The lowest BCUT2D eigenvalue weighted by atomic mass is 10.2. The number of nitrogens with zero attached hydrogens (tertiary/aromatic N) is 4. The van der Waals surface area contributed by atoms with Gasteiger partial charge in [-0.1, -0.05) is 41.9 Å². The Labute approximate surface area is 200 Å². The highest BCUT2D eigenvalue weighted by molar-refractivity contribution is 6.31. The molecular formula is C24H23ClFN5O3. The number of anilines is 1. The Bertz CT molecular complexity index is 1320. The number of fused-ring (bicyclic) bond motifs is 3. The normalized spacial score (nSPS) is 15.5. The highest BCUT2D eigenvalue weighted by Gasteiger charge is 2.34. The fraction of sp³-hybridized carbons (Fsp3) is 0.292. The second-order valence-electron chi connectivity index (χ2n) is 8.43. The van der Waals surface area contributed by atoms with E-state index in [-0.39, 0.29) is 29.7 Å². The maximum atomic E-state index is 13.5. The van der Waals surface area contributed by atoms with Crippen LogP contribution in [0.2, 0.25) is 5.02 Å². The van der Waals surface area contributed by atoms with Crippen molar-refractivity contribution in [2.45, 2.75) is 32.6 Å². The second kappa shape index (κ2) is 8.98. The Morgan fingerprint density at radius 3 is 2.56 bits per heavy atom. The molecular weight excluding hydrogens is 461 g/mol. The predicted molar refractivity (Wildman–Crippen MR) is 125 cm³/mol. The van der Waals surface area contributed by atoms with Gasteiger partial charge in [-0.25, -0.2) is 14.0 Å². The van der Waals surface area contributed by atoms with Crippen molar-refractivity contribution in [2.24, 2.45) is 0 Å². The number of carbonyl (C=O) groups excluding carboxylic acids is 2. The maximum absolute atomic E-state index is 13.5. The van der Waals surface area contributed by atoms with Crippen LogP contribution in [0.5, 0.6) is 0 Å². The van der Waals surface area contributed by atoms with E-state index in [0.717, 1.165) is 5.56 Å². The molecule has 2 aliphatic heterocycles. The molecule has 3 amide bonds. The van der Waals surface area contributed by atoms with E-state index in [1.807, 2.05) is 30.3 Å². The average Bonchev–Trinajstić information content (AvgIpc) is 3.01. The second-order valence-corrected chi connectivity index (χ2v) is 8.83. The summed E-state index contributed by atoms with van der Waals surface area (Å²) in [5.41, 5.74) is 2.04. The van der Waals surface area contributed by atoms with E-state index < -0.39 is 11.8 Å². The summed E-state index contributed by atoms with van der Waals surface area (Å²) >= 11 is 5.81. The van der Waals surface area contributed by atoms with Gasteiger partial charge in [0.1, 0.15) is 11.5 Å². The molecule has 10 heteroatoms. The summed E-state index contributed by atoms with van der Waals surface area (Å²) in [5.74, 6) is -0.781. The molecule has 3 heterocycles. The molecule has 0 unspecified atom stereocenters. The minimum atomic E-state index is -0.572.